The summed E-state index contributed by atoms with van der Waals surface area (Å²) in [5, 5.41) is 7.32. The minimum absolute atomic E-state index is 0. The van der Waals surface area contributed by atoms with Gasteiger partial charge < -0.3 is 20.1 Å². The van der Waals surface area contributed by atoms with Crippen molar-refractivity contribution in [3.63, 3.8) is 0 Å². The van der Waals surface area contributed by atoms with Crippen LogP contribution in [0.25, 0.3) is 0 Å². The molecule has 0 aliphatic carbocycles. The van der Waals surface area contributed by atoms with Crippen molar-refractivity contribution in [2.75, 3.05) is 32.8 Å². The summed E-state index contributed by atoms with van der Waals surface area (Å²) >= 11 is 6.29. The Labute approximate surface area is 157 Å². The monoisotopic (exact) mass is 386 g/mol. The SMILES string of the molecule is CCNCCCNCc1cc(Cl)c(OCC)c(OCC)c1.Cl.Cl. The molecule has 1 aromatic rings. The Hall–Kier alpha value is -0.390. The topological polar surface area (TPSA) is 42.5 Å². The van der Waals surface area contributed by atoms with Gasteiger partial charge in [-0.05, 0) is 57.6 Å². The molecule has 0 amide bonds. The van der Waals surface area contributed by atoms with Gasteiger partial charge in [0, 0.05) is 6.54 Å². The summed E-state index contributed by atoms with van der Waals surface area (Å²) in [7, 11) is 0. The molecule has 0 aliphatic rings. The number of ether oxygens (including phenoxy) is 2. The van der Waals surface area contributed by atoms with Gasteiger partial charge in [-0.25, -0.2) is 0 Å². The van der Waals surface area contributed by atoms with Gasteiger partial charge in [0.05, 0.1) is 18.2 Å². The molecule has 0 aliphatic heterocycles. The molecule has 2 N–H and O–H groups in total. The third-order valence-corrected chi connectivity index (χ3v) is 3.22. The van der Waals surface area contributed by atoms with E-state index in [1.807, 2.05) is 26.0 Å². The van der Waals surface area contributed by atoms with Crippen molar-refractivity contribution in [1.29, 1.82) is 0 Å². The van der Waals surface area contributed by atoms with Crippen LogP contribution in [-0.4, -0.2) is 32.8 Å². The number of nitrogens with one attached hydrogen (secondary N) is 2. The highest BCUT2D eigenvalue weighted by atomic mass is 35.5. The number of rotatable bonds is 11. The molecule has 1 aromatic carbocycles. The van der Waals surface area contributed by atoms with Crippen LogP contribution in [0.4, 0.5) is 0 Å². The van der Waals surface area contributed by atoms with E-state index >= 15 is 0 Å². The molecule has 0 heterocycles. The van der Waals surface area contributed by atoms with E-state index in [4.69, 9.17) is 21.1 Å². The standard InChI is InChI=1S/C16H27ClN2O2.2ClH/c1-4-18-8-7-9-19-12-13-10-14(17)16(21-6-3)15(11-13)20-5-2;;/h10-11,18-19H,4-9,12H2,1-3H3;2*1H. The normalized spacial score (nSPS) is 9.74. The Morgan fingerprint density at radius 3 is 2.22 bits per heavy atom. The lowest BCUT2D eigenvalue weighted by Gasteiger charge is -2.14. The maximum absolute atomic E-state index is 6.29. The van der Waals surface area contributed by atoms with Gasteiger partial charge in [0.15, 0.2) is 11.5 Å². The van der Waals surface area contributed by atoms with Crippen LogP contribution in [0, 0.1) is 0 Å². The molecular formula is C16H29Cl3N2O2. The summed E-state index contributed by atoms with van der Waals surface area (Å²) in [5.74, 6) is 1.35. The molecule has 1 rings (SSSR count). The van der Waals surface area contributed by atoms with Crippen LogP contribution in [-0.2, 0) is 6.54 Å². The highest BCUT2D eigenvalue weighted by molar-refractivity contribution is 6.32. The highest BCUT2D eigenvalue weighted by Gasteiger charge is 2.11. The second-order valence-electron chi connectivity index (χ2n) is 4.65. The van der Waals surface area contributed by atoms with Gasteiger partial charge in [0.25, 0.3) is 0 Å². The molecule has 0 aromatic heterocycles. The number of benzene rings is 1. The fraction of sp³-hybridized carbons (Fsp3) is 0.625. The van der Waals surface area contributed by atoms with Crippen molar-refractivity contribution in [3.05, 3.63) is 22.7 Å². The largest absolute Gasteiger partial charge is 0.490 e. The van der Waals surface area contributed by atoms with Crippen molar-refractivity contribution < 1.29 is 9.47 Å². The molecule has 7 heteroatoms. The molecule has 0 atom stereocenters. The Bertz CT molecular complexity index is 421. The number of hydrogen-bond acceptors (Lipinski definition) is 4. The molecule has 23 heavy (non-hydrogen) atoms. The van der Waals surface area contributed by atoms with E-state index < -0.39 is 0 Å². The van der Waals surface area contributed by atoms with Crippen molar-refractivity contribution in [1.82, 2.24) is 10.6 Å². The summed E-state index contributed by atoms with van der Waals surface area (Å²) in [6.45, 7) is 11.0. The van der Waals surface area contributed by atoms with Gasteiger partial charge in [0.1, 0.15) is 0 Å². The number of hydrogen-bond donors (Lipinski definition) is 2. The van der Waals surface area contributed by atoms with Crippen molar-refractivity contribution >= 4 is 36.4 Å². The highest BCUT2D eigenvalue weighted by Crippen LogP contribution is 2.36. The zero-order valence-electron chi connectivity index (χ0n) is 14.1. The van der Waals surface area contributed by atoms with Crippen LogP contribution in [0.2, 0.25) is 5.02 Å². The third kappa shape index (κ3) is 9.48. The van der Waals surface area contributed by atoms with E-state index in [0.717, 1.165) is 43.9 Å². The predicted molar refractivity (Wildman–Crippen MR) is 103 cm³/mol. The predicted octanol–water partition coefficient (Wildman–Crippen LogP) is 4.07. The Balaban J connectivity index is 0. The molecule has 0 saturated heterocycles. The van der Waals surface area contributed by atoms with Gasteiger partial charge in [0.2, 0.25) is 0 Å². The lowest BCUT2D eigenvalue weighted by molar-refractivity contribution is 0.287. The maximum Gasteiger partial charge on any atom is 0.179 e. The van der Waals surface area contributed by atoms with Crippen LogP contribution >= 0.6 is 36.4 Å². The number of halogens is 3. The summed E-state index contributed by atoms with van der Waals surface area (Å²) in [5.41, 5.74) is 1.11. The van der Waals surface area contributed by atoms with Crippen LogP contribution in [0.1, 0.15) is 32.8 Å². The quantitative estimate of drug-likeness (QED) is 0.562. The second kappa shape index (κ2) is 15.2. The Morgan fingerprint density at radius 2 is 1.61 bits per heavy atom. The Kier molecular flexibility index (Phi) is 16.4. The van der Waals surface area contributed by atoms with E-state index in [9.17, 15) is 0 Å². The first-order valence-corrected chi connectivity index (χ1v) is 8.10. The first-order valence-electron chi connectivity index (χ1n) is 7.72. The molecule has 0 unspecified atom stereocenters. The molecule has 0 bridgehead atoms. The van der Waals surface area contributed by atoms with Crippen molar-refractivity contribution in [2.45, 2.75) is 33.7 Å². The summed E-state index contributed by atoms with van der Waals surface area (Å²) in [6.07, 6.45) is 1.11. The van der Waals surface area contributed by atoms with Crippen molar-refractivity contribution in [3.8, 4) is 11.5 Å². The molecular weight excluding hydrogens is 359 g/mol. The Morgan fingerprint density at radius 1 is 0.957 bits per heavy atom. The van der Waals surface area contributed by atoms with Gasteiger partial charge >= 0.3 is 0 Å². The van der Waals surface area contributed by atoms with Gasteiger partial charge in [-0.1, -0.05) is 18.5 Å². The fourth-order valence-electron chi connectivity index (χ4n) is 2.02. The molecule has 4 nitrogen and oxygen atoms in total. The van der Waals surface area contributed by atoms with Crippen LogP contribution < -0.4 is 20.1 Å². The summed E-state index contributed by atoms with van der Waals surface area (Å²) in [6, 6.07) is 3.93. The van der Waals surface area contributed by atoms with E-state index in [0.29, 0.717) is 24.0 Å². The third-order valence-electron chi connectivity index (χ3n) is 2.94. The smallest absolute Gasteiger partial charge is 0.179 e. The molecule has 0 spiro atoms. The van der Waals surface area contributed by atoms with Gasteiger partial charge in [-0.3, -0.25) is 0 Å². The van der Waals surface area contributed by atoms with Crippen LogP contribution in [0.15, 0.2) is 12.1 Å². The van der Waals surface area contributed by atoms with E-state index in [2.05, 4.69) is 17.6 Å². The summed E-state index contributed by atoms with van der Waals surface area (Å²) < 4.78 is 11.2. The lowest BCUT2D eigenvalue weighted by atomic mass is 10.2. The van der Waals surface area contributed by atoms with E-state index in [-0.39, 0.29) is 24.8 Å². The lowest BCUT2D eigenvalue weighted by Crippen LogP contribution is -2.21. The molecule has 0 fully saturated rings. The average Bonchev–Trinajstić information content (AvgIpc) is 2.46. The van der Waals surface area contributed by atoms with E-state index in [1.165, 1.54) is 0 Å². The first-order chi connectivity index (χ1) is 10.2. The summed E-state index contributed by atoms with van der Waals surface area (Å²) in [4.78, 5) is 0. The van der Waals surface area contributed by atoms with Crippen LogP contribution in [0.5, 0.6) is 11.5 Å². The minimum atomic E-state index is 0. The van der Waals surface area contributed by atoms with Crippen LogP contribution in [0.3, 0.4) is 0 Å². The fourth-order valence-corrected chi connectivity index (χ4v) is 2.31. The maximum atomic E-state index is 6.29. The second-order valence-corrected chi connectivity index (χ2v) is 5.06. The molecule has 0 saturated carbocycles. The molecule has 136 valence electrons. The first kappa shape index (κ1) is 24.9. The molecule has 0 radical (unpaired) electrons. The van der Waals surface area contributed by atoms with Gasteiger partial charge in [-0.2, -0.15) is 0 Å². The van der Waals surface area contributed by atoms with Crippen molar-refractivity contribution in [2.24, 2.45) is 0 Å². The van der Waals surface area contributed by atoms with Gasteiger partial charge in [-0.15, -0.1) is 24.8 Å². The zero-order chi connectivity index (χ0) is 15.5. The minimum Gasteiger partial charge on any atom is -0.490 e. The zero-order valence-corrected chi connectivity index (χ0v) is 16.5. The average molecular weight is 388 g/mol. The van der Waals surface area contributed by atoms with E-state index in [1.54, 1.807) is 0 Å².